The summed E-state index contributed by atoms with van der Waals surface area (Å²) in [5.41, 5.74) is 0. The average molecular weight is 196 g/mol. The first-order valence-electron chi connectivity index (χ1n) is 4.12. The lowest BCUT2D eigenvalue weighted by molar-refractivity contribution is -0.112. The number of hydrogen-bond donors (Lipinski definition) is 1. The Balaban J connectivity index is 2.46. The van der Waals surface area contributed by atoms with E-state index < -0.39 is 6.10 Å². The molecule has 70 valence electrons. The molecule has 1 atom stereocenters. The van der Waals surface area contributed by atoms with Crippen molar-refractivity contribution >= 4 is 16.9 Å². The molecule has 0 amide bonds. The topological polar surface area (TPSA) is 37.3 Å². The molecule has 0 fully saturated rings. The Hall–Kier alpha value is -0.800. The summed E-state index contributed by atoms with van der Waals surface area (Å²) in [5, 5.41) is 8.97. The van der Waals surface area contributed by atoms with E-state index in [-0.39, 0.29) is 11.5 Å². The number of carbonyl (C=O) groups excluding carboxylic acids is 1. The number of aliphatic hydroxyl groups excluding tert-OH is 1. The highest BCUT2D eigenvalue weighted by Crippen LogP contribution is 2.19. The van der Waals surface area contributed by atoms with Crippen LogP contribution in [0.1, 0.15) is 13.3 Å². The predicted molar refractivity (Wildman–Crippen MR) is 53.6 cm³/mol. The molecule has 1 aromatic rings. The van der Waals surface area contributed by atoms with Crippen molar-refractivity contribution in [1.29, 1.82) is 0 Å². The zero-order valence-electron chi connectivity index (χ0n) is 7.43. The number of thioether (sulfide) groups is 1. The Morgan fingerprint density at radius 2 is 2.08 bits per heavy atom. The number of rotatable bonds is 3. The first kappa shape index (κ1) is 10.3. The standard InChI is InChI=1S/C10H12O2S/c1-8(11)7-10(12)13-9-5-3-2-4-6-9/h2-6,8,11H,7H2,1H3/t8-/m0/s1. The molecule has 0 unspecified atom stereocenters. The van der Waals surface area contributed by atoms with Crippen LogP contribution in [0.3, 0.4) is 0 Å². The maximum Gasteiger partial charge on any atom is 0.196 e. The molecule has 2 nitrogen and oxygen atoms in total. The summed E-state index contributed by atoms with van der Waals surface area (Å²) in [6, 6.07) is 9.44. The molecule has 0 heterocycles. The van der Waals surface area contributed by atoms with E-state index in [4.69, 9.17) is 5.11 Å². The Labute approximate surface area is 82.0 Å². The van der Waals surface area contributed by atoms with Gasteiger partial charge in [-0.1, -0.05) is 30.0 Å². The second-order valence-electron chi connectivity index (χ2n) is 2.84. The zero-order chi connectivity index (χ0) is 9.68. The summed E-state index contributed by atoms with van der Waals surface area (Å²) in [5.74, 6) is 0. The summed E-state index contributed by atoms with van der Waals surface area (Å²) in [6.07, 6.45) is -0.344. The highest BCUT2D eigenvalue weighted by atomic mass is 32.2. The van der Waals surface area contributed by atoms with Crippen molar-refractivity contribution in [3.05, 3.63) is 30.3 Å². The fourth-order valence-corrected chi connectivity index (χ4v) is 1.78. The second-order valence-corrected chi connectivity index (χ2v) is 3.97. The third-order valence-corrected chi connectivity index (χ3v) is 2.34. The number of benzene rings is 1. The number of aliphatic hydroxyl groups is 1. The molecule has 0 radical (unpaired) electrons. The van der Waals surface area contributed by atoms with Crippen LogP contribution in [0.15, 0.2) is 35.2 Å². The van der Waals surface area contributed by atoms with Gasteiger partial charge in [0.2, 0.25) is 0 Å². The Kier molecular flexibility index (Phi) is 3.99. The molecule has 0 spiro atoms. The average Bonchev–Trinajstić information content (AvgIpc) is 2.04. The van der Waals surface area contributed by atoms with Crippen LogP contribution in [0.25, 0.3) is 0 Å². The lowest BCUT2D eigenvalue weighted by atomic mass is 10.3. The van der Waals surface area contributed by atoms with E-state index in [1.165, 1.54) is 11.8 Å². The normalized spacial score (nSPS) is 12.5. The van der Waals surface area contributed by atoms with Gasteiger partial charge in [0.15, 0.2) is 5.12 Å². The van der Waals surface area contributed by atoms with Gasteiger partial charge in [-0.15, -0.1) is 0 Å². The van der Waals surface area contributed by atoms with Gasteiger partial charge in [0.05, 0.1) is 6.10 Å². The Bertz CT molecular complexity index is 270. The van der Waals surface area contributed by atoms with Crippen LogP contribution in [-0.4, -0.2) is 16.3 Å². The minimum atomic E-state index is -0.552. The molecule has 13 heavy (non-hydrogen) atoms. The van der Waals surface area contributed by atoms with E-state index in [2.05, 4.69) is 0 Å². The predicted octanol–water partition coefficient (Wildman–Crippen LogP) is 2.08. The van der Waals surface area contributed by atoms with Crippen LogP contribution < -0.4 is 0 Å². The molecule has 0 aliphatic rings. The van der Waals surface area contributed by atoms with Gasteiger partial charge < -0.3 is 5.11 Å². The quantitative estimate of drug-likeness (QED) is 0.752. The van der Waals surface area contributed by atoms with Crippen LogP contribution in [0.2, 0.25) is 0 Å². The Morgan fingerprint density at radius 1 is 1.46 bits per heavy atom. The molecule has 0 saturated heterocycles. The van der Waals surface area contributed by atoms with Gasteiger partial charge in [-0.2, -0.15) is 0 Å². The minimum Gasteiger partial charge on any atom is -0.393 e. The Morgan fingerprint density at radius 3 is 2.62 bits per heavy atom. The van der Waals surface area contributed by atoms with Crippen LogP contribution in [-0.2, 0) is 4.79 Å². The fraction of sp³-hybridized carbons (Fsp3) is 0.300. The zero-order valence-corrected chi connectivity index (χ0v) is 8.25. The maximum absolute atomic E-state index is 11.2. The van der Waals surface area contributed by atoms with Crippen molar-refractivity contribution in [3.8, 4) is 0 Å². The van der Waals surface area contributed by atoms with Gasteiger partial charge in [0.25, 0.3) is 0 Å². The molecular weight excluding hydrogens is 184 g/mol. The highest BCUT2D eigenvalue weighted by molar-refractivity contribution is 8.13. The van der Waals surface area contributed by atoms with Crippen molar-refractivity contribution in [2.45, 2.75) is 24.3 Å². The minimum absolute atomic E-state index is 0.00111. The molecule has 0 aromatic heterocycles. The van der Waals surface area contributed by atoms with E-state index in [0.717, 1.165) is 4.90 Å². The molecule has 1 N–H and O–H groups in total. The molecule has 0 aliphatic heterocycles. The highest BCUT2D eigenvalue weighted by Gasteiger charge is 2.07. The largest absolute Gasteiger partial charge is 0.393 e. The number of hydrogen-bond acceptors (Lipinski definition) is 3. The van der Waals surface area contributed by atoms with Crippen molar-refractivity contribution < 1.29 is 9.90 Å². The molecular formula is C10H12O2S. The van der Waals surface area contributed by atoms with E-state index in [0.29, 0.717) is 0 Å². The van der Waals surface area contributed by atoms with E-state index in [9.17, 15) is 4.79 Å². The third-order valence-electron chi connectivity index (χ3n) is 1.44. The van der Waals surface area contributed by atoms with Crippen molar-refractivity contribution in [2.24, 2.45) is 0 Å². The van der Waals surface area contributed by atoms with Crippen molar-refractivity contribution in [2.75, 3.05) is 0 Å². The summed E-state index contributed by atoms with van der Waals surface area (Å²) < 4.78 is 0. The van der Waals surface area contributed by atoms with Gasteiger partial charge in [-0.3, -0.25) is 4.79 Å². The van der Waals surface area contributed by atoms with E-state index in [1.807, 2.05) is 30.3 Å². The monoisotopic (exact) mass is 196 g/mol. The lowest BCUT2D eigenvalue weighted by Crippen LogP contribution is -2.05. The molecule has 0 aliphatic carbocycles. The van der Waals surface area contributed by atoms with Gasteiger partial charge in [-0.25, -0.2) is 0 Å². The van der Waals surface area contributed by atoms with Gasteiger partial charge >= 0.3 is 0 Å². The molecule has 3 heteroatoms. The molecule has 0 bridgehead atoms. The van der Waals surface area contributed by atoms with Crippen LogP contribution in [0.4, 0.5) is 0 Å². The van der Waals surface area contributed by atoms with Crippen LogP contribution in [0, 0.1) is 0 Å². The third kappa shape index (κ3) is 4.10. The van der Waals surface area contributed by atoms with Gasteiger partial charge in [0, 0.05) is 11.3 Å². The van der Waals surface area contributed by atoms with E-state index in [1.54, 1.807) is 6.92 Å². The van der Waals surface area contributed by atoms with Gasteiger partial charge in [-0.05, 0) is 19.1 Å². The number of carbonyl (C=O) groups is 1. The summed E-state index contributed by atoms with van der Waals surface area (Å²) >= 11 is 1.17. The second kappa shape index (κ2) is 5.04. The molecule has 1 rings (SSSR count). The fourth-order valence-electron chi connectivity index (χ4n) is 0.903. The smallest absolute Gasteiger partial charge is 0.196 e. The van der Waals surface area contributed by atoms with Crippen molar-refractivity contribution in [3.63, 3.8) is 0 Å². The molecule has 1 aromatic carbocycles. The summed E-state index contributed by atoms with van der Waals surface area (Å²) in [7, 11) is 0. The van der Waals surface area contributed by atoms with E-state index >= 15 is 0 Å². The lowest BCUT2D eigenvalue weighted by Gasteiger charge is -2.02. The summed E-state index contributed by atoms with van der Waals surface area (Å²) in [6.45, 7) is 1.61. The maximum atomic E-state index is 11.2. The SMILES string of the molecule is C[C@H](O)CC(=O)Sc1ccccc1. The van der Waals surface area contributed by atoms with Gasteiger partial charge in [0.1, 0.15) is 0 Å². The first-order valence-corrected chi connectivity index (χ1v) is 4.94. The van der Waals surface area contributed by atoms with Crippen molar-refractivity contribution in [1.82, 2.24) is 0 Å². The first-order chi connectivity index (χ1) is 6.18. The van der Waals surface area contributed by atoms with Crippen LogP contribution >= 0.6 is 11.8 Å². The molecule has 0 saturated carbocycles. The van der Waals surface area contributed by atoms with Crippen LogP contribution in [0.5, 0.6) is 0 Å². The summed E-state index contributed by atoms with van der Waals surface area (Å²) in [4.78, 5) is 12.2.